The van der Waals surface area contributed by atoms with Crippen LogP contribution in [0.5, 0.6) is 0 Å². The van der Waals surface area contributed by atoms with Crippen LogP contribution >= 0.6 is 23.2 Å². The average Bonchev–Trinajstić information content (AvgIpc) is 2.62. The van der Waals surface area contributed by atoms with Crippen molar-refractivity contribution in [3.63, 3.8) is 0 Å². The number of hydrogen-bond acceptors (Lipinski definition) is 6. The van der Waals surface area contributed by atoms with Gasteiger partial charge in [0.25, 0.3) is 11.1 Å². The Balaban J connectivity index is 2.13. The topological polar surface area (TPSA) is 131 Å². The minimum Gasteiger partial charge on any atom is -0.287 e. The molecule has 2 N–H and O–H groups in total. The number of carbonyl (C=O) groups excluding carboxylic acids is 1. The Morgan fingerprint density at radius 3 is 2.28 bits per heavy atom. The summed E-state index contributed by atoms with van der Waals surface area (Å²) >= 11 is 12.5. The molecule has 0 aliphatic carbocycles. The lowest BCUT2D eigenvalue weighted by Gasteiger charge is -2.11. The predicted octanol–water partition coefficient (Wildman–Crippen LogP) is 1.88. The van der Waals surface area contributed by atoms with E-state index in [1.54, 1.807) is 0 Å². The molecule has 2 heterocycles. The van der Waals surface area contributed by atoms with Crippen LogP contribution in [0.25, 0.3) is 11.3 Å². The molecule has 0 amide bonds. The summed E-state index contributed by atoms with van der Waals surface area (Å²) in [6, 6.07) is 4.09. The summed E-state index contributed by atoms with van der Waals surface area (Å²) in [4.78, 5) is 50.3. The van der Waals surface area contributed by atoms with Gasteiger partial charge < -0.3 is 0 Å². The van der Waals surface area contributed by atoms with E-state index in [1.165, 1.54) is 25.2 Å². The molecule has 9 nitrogen and oxygen atoms in total. The van der Waals surface area contributed by atoms with E-state index in [0.29, 0.717) is 5.56 Å². The van der Waals surface area contributed by atoms with Crippen molar-refractivity contribution < 1.29 is 4.79 Å². The summed E-state index contributed by atoms with van der Waals surface area (Å²) in [6.45, 7) is 3.66. The number of benzene rings is 1. The molecule has 3 aromatic rings. The van der Waals surface area contributed by atoms with Crippen molar-refractivity contribution >= 4 is 29.0 Å². The number of hydrogen-bond donors (Lipinski definition) is 2. The van der Waals surface area contributed by atoms with Gasteiger partial charge in [0.2, 0.25) is 5.78 Å². The van der Waals surface area contributed by atoms with Gasteiger partial charge in [-0.2, -0.15) is 10.2 Å². The summed E-state index contributed by atoms with van der Waals surface area (Å²) in [5.74, 6) is -0.693. The predicted molar refractivity (Wildman–Crippen MR) is 108 cm³/mol. The maximum atomic E-state index is 13.0. The molecular weight excluding hydrogens is 421 g/mol. The quantitative estimate of drug-likeness (QED) is 0.601. The zero-order chi connectivity index (χ0) is 21.5. The van der Waals surface area contributed by atoms with Crippen molar-refractivity contribution in [2.45, 2.75) is 19.8 Å². The van der Waals surface area contributed by atoms with Gasteiger partial charge in [0, 0.05) is 18.2 Å². The maximum absolute atomic E-state index is 13.0. The monoisotopic (exact) mass is 435 g/mol. The smallest absolute Gasteiger partial charge is 0.287 e. The molecule has 2 aromatic heterocycles. The van der Waals surface area contributed by atoms with Gasteiger partial charge in [0.1, 0.15) is 5.69 Å². The van der Waals surface area contributed by atoms with E-state index in [4.69, 9.17) is 23.2 Å². The molecule has 29 heavy (non-hydrogen) atoms. The second-order valence-corrected chi connectivity index (χ2v) is 7.38. The van der Waals surface area contributed by atoms with Gasteiger partial charge in [-0.25, -0.2) is 14.6 Å². The third-order valence-corrected chi connectivity index (χ3v) is 4.80. The highest BCUT2D eigenvalue weighted by Gasteiger charge is 2.23. The highest BCUT2D eigenvalue weighted by molar-refractivity contribution is 6.41. The fraction of sp³-hybridized carbons (Fsp3) is 0.222. The molecule has 0 fully saturated rings. The van der Waals surface area contributed by atoms with E-state index < -0.39 is 17.0 Å². The van der Waals surface area contributed by atoms with E-state index in [9.17, 15) is 19.2 Å². The number of carbonyl (C=O) groups is 1. The first-order valence-corrected chi connectivity index (χ1v) is 9.17. The Bertz CT molecular complexity index is 1280. The van der Waals surface area contributed by atoms with Crippen LogP contribution in [-0.4, -0.2) is 30.7 Å². The highest BCUT2D eigenvalue weighted by Crippen LogP contribution is 2.31. The first-order chi connectivity index (χ1) is 13.6. The first-order valence-electron chi connectivity index (χ1n) is 8.41. The van der Waals surface area contributed by atoms with Crippen LogP contribution in [0.15, 0.2) is 32.6 Å². The van der Waals surface area contributed by atoms with Crippen LogP contribution in [0, 0.1) is 0 Å². The van der Waals surface area contributed by atoms with Gasteiger partial charge in [0.05, 0.1) is 15.6 Å². The molecule has 0 saturated carbocycles. The first kappa shape index (κ1) is 20.7. The lowest BCUT2D eigenvalue weighted by Crippen LogP contribution is -2.27. The number of aromatic amines is 2. The molecule has 11 heteroatoms. The van der Waals surface area contributed by atoms with Gasteiger partial charge in [-0.05, 0) is 24.1 Å². The van der Waals surface area contributed by atoms with Gasteiger partial charge in [-0.1, -0.05) is 37.0 Å². The number of aromatic nitrogens is 5. The molecule has 0 radical (unpaired) electrons. The molecule has 0 aliphatic rings. The van der Waals surface area contributed by atoms with Crippen LogP contribution in [0.1, 0.15) is 41.4 Å². The molecule has 3 rings (SSSR count). The van der Waals surface area contributed by atoms with Crippen LogP contribution in [0.3, 0.4) is 0 Å². The number of H-pyrrole nitrogens is 2. The molecule has 1 aromatic carbocycles. The number of ketones is 1. The van der Waals surface area contributed by atoms with Crippen molar-refractivity contribution in [2.75, 3.05) is 0 Å². The summed E-state index contributed by atoms with van der Waals surface area (Å²) in [5.41, 5.74) is -1.29. The van der Waals surface area contributed by atoms with Gasteiger partial charge in [-0.15, -0.1) is 0 Å². The molecular formula is C18H15Cl2N5O4. The summed E-state index contributed by atoms with van der Waals surface area (Å²) in [6.07, 6.45) is 0. The normalized spacial score (nSPS) is 11.1. The molecule has 0 aliphatic heterocycles. The summed E-state index contributed by atoms with van der Waals surface area (Å²) in [5, 5.41) is 9.73. The van der Waals surface area contributed by atoms with Crippen molar-refractivity contribution in [2.24, 2.45) is 7.05 Å². The minimum atomic E-state index is -0.760. The zero-order valence-corrected chi connectivity index (χ0v) is 17.1. The largest absolute Gasteiger partial charge is 0.342 e. The van der Waals surface area contributed by atoms with Crippen molar-refractivity contribution in [3.8, 4) is 11.3 Å². The van der Waals surface area contributed by atoms with E-state index in [1.807, 2.05) is 18.8 Å². The molecule has 0 unspecified atom stereocenters. The van der Waals surface area contributed by atoms with E-state index in [0.717, 1.165) is 4.68 Å². The highest BCUT2D eigenvalue weighted by atomic mass is 35.5. The second-order valence-electron chi connectivity index (χ2n) is 6.57. The van der Waals surface area contributed by atoms with Crippen LogP contribution < -0.4 is 16.8 Å². The molecule has 0 atom stereocenters. The Hall–Kier alpha value is -3.04. The second kappa shape index (κ2) is 7.76. The number of aryl methyl sites for hydroxylation is 1. The van der Waals surface area contributed by atoms with Crippen LogP contribution in [0.2, 0.25) is 10.0 Å². The summed E-state index contributed by atoms with van der Waals surface area (Å²) in [7, 11) is 1.45. The standard InChI is InChI=1S/C18H15Cl2N5O4/c1-7(2)9-6-12(24-25(3)17(9)28)15(26)13-10(19)4-8(5-11(13)20)14-16(27)21-18(29)23-22-14/h4-7H,1-3H3,(H2,21,23,27,29). The van der Waals surface area contributed by atoms with Gasteiger partial charge >= 0.3 is 5.69 Å². The van der Waals surface area contributed by atoms with Crippen LogP contribution in [-0.2, 0) is 7.05 Å². The van der Waals surface area contributed by atoms with Crippen molar-refractivity contribution in [1.29, 1.82) is 0 Å². The van der Waals surface area contributed by atoms with E-state index >= 15 is 0 Å². The number of nitrogens with one attached hydrogen (secondary N) is 2. The Labute approximate surface area is 173 Å². The number of nitrogens with zero attached hydrogens (tertiary/aromatic N) is 3. The lowest BCUT2D eigenvalue weighted by molar-refractivity contribution is 0.103. The fourth-order valence-corrected chi connectivity index (χ4v) is 3.41. The van der Waals surface area contributed by atoms with E-state index in [2.05, 4.69) is 15.3 Å². The van der Waals surface area contributed by atoms with E-state index in [-0.39, 0.29) is 44.0 Å². The fourth-order valence-electron chi connectivity index (χ4n) is 2.75. The zero-order valence-electron chi connectivity index (χ0n) is 15.5. The van der Waals surface area contributed by atoms with Crippen molar-refractivity contribution in [3.05, 3.63) is 76.3 Å². The van der Waals surface area contributed by atoms with Gasteiger partial charge in [0.15, 0.2) is 5.69 Å². The third kappa shape index (κ3) is 3.92. The Kier molecular flexibility index (Phi) is 5.54. The number of halogens is 2. The average molecular weight is 436 g/mol. The third-order valence-electron chi connectivity index (χ3n) is 4.20. The maximum Gasteiger partial charge on any atom is 0.342 e. The summed E-state index contributed by atoms with van der Waals surface area (Å²) < 4.78 is 1.09. The molecule has 0 spiro atoms. The van der Waals surface area contributed by atoms with Gasteiger partial charge in [-0.3, -0.25) is 19.4 Å². The Morgan fingerprint density at radius 1 is 1.10 bits per heavy atom. The Morgan fingerprint density at radius 2 is 1.72 bits per heavy atom. The molecule has 0 bridgehead atoms. The minimum absolute atomic E-state index is 0.00682. The number of rotatable bonds is 4. The van der Waals surface area contributed by atoms with Crippen molar-refractivity contribution in [1.82, 2.24) is 25.0 Å². The molecule has 0 saturated heterocycles. The van der Waals surface area contributed by atoms with Crippen LogP contribution in [0.4, 0.5) is 0 Å². The SMILES string of the molecule is CC(C)c1cc(C(=O)c2c(Cl)cc(-c3n[nH]c(=O)[nH]c3=O)cc2Cl)nn(C)c1=O. The lowest BCUT2D eigenvalue weighted by atomic mass is 10.0. The molecule has 150 valence electrons.